The number of nitrogens with one attached hydrogen (secondary N) is 1. The number of rotatable bonds is 3. The van der Waals surface area contributed by atoms with Gasteiger partial charge < -0.3 is 15.8 Å². The number of ether oxygens (including phenoxy) is 1. The van der Waals surface area contributed by atoms with E-state index < -0.39 is 0 Å². The summed E-state index contributed by atoms with van der Waals surface area (Å²) in [5, 5.41) is 2.86. The molecular formula is C16H17BrN2O2. The molecule has 0 unspecified atom stereocenters. The lowest BCUT2D eigenvalue weighted by Gasteiger charge is -2.13. The Morgan fingerprint density at radius 1 is 1.24 bits per heavy atom. The van der Waals surface area contributed by atoms with Crippen molar-refractivity contribution in [1.82, 2.24) is 0 Å². The van der Waals surface area contributed by atoms with Crippen molar-refractivity contribution in [3.8, 4) is 5.75 Å². The molecule has 0 aliphatic rings. The normalized spacial score (nSPS) is 10.3. The predicted molar refractivity (Wildman–Crippen MR) is 89.0 cm³/mol. The van der Waals surface area contributed by atoms with Gasteiger partial charge in [-0.15, -0.1) is 0 Å². The maximum Gasteiger partial charge on any atom is 0.261 e. The quantitative estimate of drug-likeness (QED) is 0.826. The molecule has 0 radical (unpaired) electrons. The molecule has 0 saturated carbocycles. The number of carbonyl (C=O) groups excluding carboxylic acids is 1. The van der Waals surface area contributed by atoms with Crippen LogP contribution in [0.15, 0.2) is 34.8 Å². The van der Waals surface area contributed by atoms with Gasteiger partial charge in [0.15, 0.2) is 0 Å². The highest BCUT2D eigenvalue weighted by molar-refractivity contribution is 9.10. The Bertz CT molecular complexity index is 676. The maximum atomic E-state index is 12.4. The molecule has 2 aromatic carbocycles. The first-order valence-corrected chi connectivity index (χ1v) is 7.24. The third-order valence-electron chi connectivity index (χ3n) is 3.20. The number of nitrogen functional groups attached to an aromatic ring is 1. The Balaban J connectivity index is 2.35. The molecule has 1 amide bonds. The number of carbonyl (C=O) groups is 1. The number of benzene rings is 2. The summed E-state index contributed by atoms with van der Waals surface area (Å²) in [7, 11) is 1.51. The zero-order valence-electron chi connectivity index (χ0n) is 12.2. The van der Waals surface area contributed by atoms with E-state index >= 15 is 0 Å². The molecule has 0 heterocycles. The fourth-order valence-electron chi connectivity index (χ4n) is 2.17. The zero-order chi connectivity index (χ0) is 15.6. The maximum absolute atomic E-state index is 12.4. The topological polar surface area (TPSA) is 64.3 Å². The van der Waals surface area contributed by atoms with Crippen LogP contribution in [0.4, 0.5) is 11.4 Å². The van der Waals surface area contributed by atoms with Crippen LogP contribution in [0.2, 0.25) is 0 Å². The van der Waals surface area contributed by atoms with Crippen LogP contribution in [0.5, 0.6) is 5.75 Å². The number of halogens is 1. The fraction of sp³-hybridized carbons (Fsp3) is 0.188. The minimum Gasteiger partial charge on any atom is -0.496 e. The molecule has 2 aromatic rings. The van der Waals surface area contributed by atoms with Crippen LogP contribution in [0.3, 0.4) is 0 Å². The van der Waals surface area contributed by atoms with E-state index in [2.05, 4.69) is 21.2 Å². The van der Waals surface area contributed by atoms with Crippen LogP contribution in [0, 0.1) is 13.8 Å². The first-order valence-electron chi connectivity index (χ1n) is 6.44. The van der Waals surface area contributed by atoms with E-state index in [1.54, 1.807) is 18.2 Å². The second-order valence-corrected chi connectivity index (χ2v) is 5.60. The summed E-state index contributed by atoms with van der Waals surface area (Å²) in [4.78, 5) is 12.4. The average molecular weight is 349 g/mol. The molecule has 0 aliphatic carbocycles. The summed E-state index contributed by atoms with van der Waals surface area (Å²) in [6.07, 6.45) is 0. The van der Waals surface area contributed by atoms with Gasteiger partial charge in [-0.3, -0.25) is 4.79 Å². The minimum atomic E-state index is -0.286. The van der Waals surface area contributed by atoms with E-state index in [1.807, 2.05) is 26.0 Å². The first-order chi connectivity index (χ1) is 9.93. The molecule has 0 atom stereocenters. The molecule has 4 nitrogen and oxygen atoms in total. The summed E-state index contributed by atoms with van der Waals surface area (Å²) in [6, 6.07) is 8.94. The summed E-state index contributed by atoms with van der Waals surface area (Å²) < 4.78 is 6.24. The summed E-state index contributed by atoms with van der Waals surface area (Å²) in [6.45, 7) is 3.95. The first kappa shape index (κ1) is 15.4. The standard InChI is InChI=1S/C16H17BrN2O2/c1-9-7-11(8-10(2)15(9)17)19-16(20)14-12(18)5-4-6-13(14)21-3/h4-8H,18H2,1-3H3,(H,19,20). The number of hydrogen-bond donors (Lipinski definition) is 2. The Labute approximate surface area is 132 Å². The van der Waals surface area contributed by atoms with Gasteiger partial charge in [0.05, 0.1) is 7.11 Å². The van der Waals surface area contributed by atoms with Crippen molar-refractivity contribution in [2.75, 3.05) is 18.2 Å². The lowest BCUT2D eigenvalue weighted by Crippen LogP contribution is -2.15. The van der Waals surface area contributed by atoms with Gasteiger partial charge in [-0.2, -0.15) is 0 Å². The van der Waals surface area contributed by atoms with Gasteiger partial charge in [0, 0.05) is 15.8 Å². The average Bonchev–Trinajstić information content (AvgIpc) is 2.44. The van der Waals surface area contributed by atoms with Gasteiger partial charge in [0.2, 0.25) is 0 Å². The molecule has 0 aliphatic heterocycles. The second kappa shape index (κ2) is 6.18. The molecule has 0 saturated heterocycles. The summed E-state index contributed by atoms with van der Waals surface area (Å²) >= 11 is 3.51. The molecular weight excluding hydrogens is 332 g/mol. The van der Waals surface area contributed by atoms with Crippen LogP contribution < -0.4 is 15.8 Å². The smallest absolute Gasteiger partial charge is 0.261 e. The van der Waals surface area contributed by atoms with E-state index in [0.29, 0.717) is 17.0 Å². The lowest BCUT2D eigenvalue weighted by molar-refractivity contribution is 0.102. The Kier molecular flexibility index (Phi) is 4.53. The highest BCUT2D eigenvalue weighted by atomic mass is 79.9. The monoisotopic (exact) mass is 348 g/mol. The van der Waals surface area contributed by atoms with E-state index in [1.165, 1.54) is 7.11 Å². The summed E-state index contributed by atoms with van der Waals surface area (Å²) in [5.41, 5.74) is 9.45. The molecule has 0 bridgehead atoms. The van der Waals surface area contributed by atoms with Crippen molar-refractivity contribution in [3.63, 3.8) is 0 Å². The molecule has 2 rings (SSSR count). The fourth-order valence-corrected chi connectivity index (χ4v) is 2.40. The van der Waals surface area contributed by atoms with Gasteiger partial charge in [-0.1, -0.05) is 22.0 Å². The zero-order valence-corrected chi connectivity index (χ0v) is 13.7. The Morgan fingerprint density at radius 2 is 1.86 bits per heavy atom. The van der Waals surface area contributed by atoms with Crippen LogP contribution in [0.25, 0.3) is 0 Å². The molecule has 0 fully saturated rings. The van der Waals surface area contributed by atoms with Gasteiger partial charge in [0.25, 0.3) is 5.91 Å². The van der Waals surface area contributed by atoms with Gasteiger partial charge in [0.1, 0.15) is 11.3 Å². The van der Waals surface area contributed by atoms with Gasteiger partial charge in [-0.25, -0.2) is 0 Å². The van der Waals surface area contributed by atoms with Crippen LogP contribution in [0.1, 0.15) is 21.5 Å². The third kappa shape index (κ3) is 3.19. The number of amides is 1. The van der Waals surface area contributed by atoms with E-state index in [0.717, 1.165) is 21.3 Å². The van der Waals surface area contributed by atoms with Crippen LogP contribution >= 0.6 is 15.9 Å². The van der Waals surface area contributed by atoms with Crippen molar-refractivity contribution in [3.05, 3.63) is 51.5 Å². The number of methoxy groups -OCH3 is 1. The number of aryl methyl sites for hydroxylation is 2. The lowest BCUT2D eigenvalue weighted by atomic mass is 10.1. The van der Waals surface area contributed by atoms with Crippen molar-refractivity contribution in [1.29, 1.82) is 0 Å². The van der Waals surface area contributed by atoms with Gasteiger partial charge in [-0.05, 0) is 49.2 Å². The molecule has 5 heteroatoms. The van der Waals surface area contributed by atoms with E-state index in [4.69, 9.17) is 10.5 Å². The Morgan fingerprint density at radius 3 is 2.43 bits per heavy atom. The van der Waals surface area contributed by atoms with E-state index in [9.17, 15) is 4.79 Å². The third-order valence-corrected chi connectivity index (χ3v) is 4.45. The molecule has 110 valence electrons. The Hall–Kier alpha value is -2.01. The predicted octanol–water partition coefficient (Wildman–Crippen LogP) is 3.91. The second-order valence-electron chi connectivity index (χ2n) is 4.80. The van der Waals surface area contributed by atoms with Crippen molar-refractivity contribution < 1.29 is 9.53 Å². The van der Waals surface area contributed by atoms with Crippen LogP contribution in [-0.2, 0) is 0 Å². The number of hydrogen-bond acceptors (Lipinski definition) is 3. The molecule has 0 spiro atoms. The minimum absolute atomic E-state index is 0.286. The van der Waals surface area contributed by atoms with E-state index in [-0.39, 0.29) is 5.91 Å². The van der Waals surface area contributed by atoms with Crippen molar-refractivity contribution in [2.45, 2.75) is 13.8 Å². The highest BCUT2D eigenvalue weighted by Gasteiger charge is 2.16. The van der Waals surface area contributed by atoms with Crippen LogP contribution in [-0.4, -0.2) is 13.0 Å². The number of anilines is 2. The summed E-state index contributed by atoms with van der Waals surface area (Å²) in [5.74, 6) is 0.170. The highest BCUT2D eigenvalue weighted by Crippen LogP contribution is 2.28. The largest absolute Gasteiger partial charge is 0.496 e. The number of nitrogens with two attached hydrogens (primary N) is 1. The van der Waals surface area contributed by atoms with Crippen molar-refractivity contribution in [2.24, 2.45) is 0 Å². The van der Waals surface area contributed by atoms with Gasteiger partial charge >= 0.3 is 0 Å². The van der Waals surface area contributed by atoms with Crippen molar-refractivity contribution >= 4 is 33.2 Å². The molecule has 3 N–H and O–H groups in total. The molecule has 21 heavy (non-hydrogen) atoms. The SMILES string of the molecule is COc1cccc(N)c1C(=O)Nc1cc(C)c(Br)c(C)c1. The molecule has 0 aromatic heterocycles.